The molecular weight excluding hydrogens is 374 g/mol. The fraction of sp³-hybridized carbons (Fsp3) is 0.190. The van der Waals surface area contributed by atoms with E-state index in [1.165, 1.54) is 20.2 Å². The maximum absolute atomic E-state index is 12.4. The summed E-state index contributed by atoms with van der Waals surface area (Å²) in [6, 6.07) is 13.3. The van der Waals surface area contributed by atoms with Crippen LogP contribution in [0.3, 0.4) is 0 Å². The van der Waals surface area contributed by atoms with Gasteiger partial charge in [-0.3, -0.25) is 23.7 Å². The lowest BCUT2D eigenvalue weighted by molar-refractivity contribution is -0.153. The van der Waals surface area contributed by atoms with Crippen molar-refractivity contribution in [3.05, 3.63) is 70.8 Å². The van der Waals surface area contributed by atoms with Crippen molar-refractivity contribution >= 4 is 34.3 Å². The molecule has 0 radical (unpaired) electrons. The highest BCUT2D eigenvalue weighted by Gasteiger charge is 2.20. The van der Waals surface area contributed by atoms with Crippen LogP contribution in [0.5, 0.6) is 0 Å². The Morgan fingerprint density at radius 1 is 1.10 bits per heavy atom. The van der Waals surface area contributed by atoms with Crippen molar-refractivity contribution in [1.82, 2.24) is 9.55 Å². The van der Waals surface area contributed by atoms with Crippen molar-refractivity contribution in [3.63, 3.8) is 0 Å². The summed E-state index contributed by atoms with van der Waals surface area (Å²) in [5.41, 5.74) is 0.843. The molecule has 8 heteroatoms. The number of nitrogens with zero attached hydrogens (tertiary/aromatic N) is 2. The topological polar surface area (TPSA) is 107 Å². The van der Waals surface area contributed by atoms with Crippen LogP contribution in [0.25, 0.3) is 10.9 Å². The highest BCUT2D eigenvalue weighted by atomic mass is 16.5. The van der Waals surface area contributed by atoms with Crippen molar-refractivity contribution < 1.29 is 19.1 Å². The van der Waals surface area contributed by atoms with Gasteiger partial charge in [0.05, 0.1) is 22.9 Å². The number of ether oxygens (including phenoxy) is 1. The first-order valence-corrected chi connectivity index (χ1v) is 8.91. The Kier molecular flexibility index (Phi) is 5.82. The van der Waals surface area contributed by atoms with Gasteiger partial charge in [-0.2, -0.15) is 0 Å². The average molecular weight is 393 g/mol. The average Bonchev–Trinajstić information content (AvgIpc) is 2.70. The van der Waals surface area contributed by atoms with E-state index in [4.69, 9.17) is 4.74 Å². The molecule has 1 atom stereocenters. The van der Waals surface area contributed by atoms with Crippen molar-refractivity contribution in [1.29, 1.82) is 0 Å². The van der Waals surface area contributed by atoms with Gasteiger partial charge < -0.3 is 10.1 Å². The van der Waals surface area contributed by atoms with E-state index in [9.17, 15) is 19.2 Å². The van der Waals surface area contributed by atoms with Crippen LogP contribution in [0.4, 0.5) is 5.69 Å². The van der Waals surface area contributed by atoms with Crippen LogP contribution in [0, 0.1) is 0 Å². The van der Waals surface area contributed by atoms with E-state index in [0.29, 0.717) is 22.2 Å². The summed E-state index contributed by atoms with van der Waals surface area (Å²) < 4.78 is 6.26. The van der Waals surface area contributed by atoms with Gasteiger partial charge in [0.25, 0.3) is 11.5 Å². The molecule has 1 N–H and O–H groups in total. The van der Waals surface area contributed by atoms with Crippen molar-refractivity contribution in [2.45, 2.75) is 26.5 Å². The number of carbonyl (C=O) groups is 3. The quantitative estimate of drug-likeness (QED) is 0.508. The standard InChI is InChI=1S/C21H19N3O5/c1-13(25)15-7-3-6-10-18(15)23-20(27)14(2)29-19(26)11-24-12-22-17-9-5-4-8-16(17)21(24)28/h3-10,12,14H,11H2,1-2H3,(H,23,27)/t14-/m0/s1. The lowest BCUT2D eigenvalue weighted by Crippen LogP contribution is -2.33. The number of benzene rings is 2. The number of aromatic nitrogens is 2. The number of rotatable bonds is 6. The van der Waals surface area contributed by atoms with Crippen LogP contribution >= 0.6 is 0 Å². The molecular formula is C21H19N3O5. The molecule has 3 aromatic rings. The van der Waals surface area contributed by atoms with Crippen molar-refractivity contribution in [3.8, 4) is 0 Å². The number of nitrogens with one attached hydrogen (secondary N) is 1. The minimum atomic E-state index is -1.12. The van der Waals surface area contributed by atoms with Gasteiger partial charge in [-0.1, -0.05) is 24.3 Å². The third-order valence-electron chi connectivity index (χ3n) is 4.27. The van der Waals surface area contributed by atoms with Crippen LogP contribution < -0.4 is 10.9 Å². The van der Waals surface area contributed by atoms with E-state index in [1.54, 1.807) is 48.5 Å². The molecule has 2 aromatic carbocycles. The summed E-state index contributed by atoms with van der Waals surface area (Å²) in [6.07, 6.45) is 0.145. The summed E-state index contributed by atoms with van der Waals surface area (Å²) in [5, 5.41) is 2.96. The van der Waals surface area contributed by atoms with E-state index in [2.05, 4.69) is 10.3 Å². The van der Waals surface area contributed by atoms with E-state index in [0.717, 1.165) is 4.57 Å². The Morgan fingerprint density at radius 3 is 2.55 bits per heavy atom. The molecule has 3 rings (SSSR count). The molecule has 148 valence electrons. The second-order valence-corrected chi connectivity index (χ2v) is 6.42. The fourth-order valence-electron chi connectivity index (χ4n) is 2.78. The van der Waals surface area contributed by atoms with Gasteiger partial charge in [0.15, 0.2) is 11.9 Å². The predicted molar refractivity (Wildman–Crippen MR) is 107 cm³/mol. The van der Waals surface area contributed by atoms with Crippen LogP contribution in [-0.2, 0) is 20.9 Å². The zero-order valence-corrected chi connectivity index (χ0v) is 15.9. The molecule has 0 unspecified atom stereocenters. The van der Waals surface area contributed by atoms with E-state index >= 15 is 0 Å². The molecule has 8 nitrogen and oxygen atoms in total. The normalized spacial score (nSPS) is 11.7. The molecule has 0 fully saturated rings. The van der Waals surface area contributed by atoms with Gasteiger partial charge in [-0.25, -0.2) is 4.98 Å². The smallest absolute Gasteiger partial charge is 0.326 e. The Bertz CT molecular complexity index is 1150. The highest BCUT2D eigenvalue weighted by molar-refractivity contribution is 6.04. The molecule has 1 heterocycles. The van der Waals surface area contributed by atoms with Crippen LogP contribution in [-0.4, -0.2) is 33.3 Å². The number of fused-ring (bicyclic) bond motifs is 1. The first-order chi connectivity index (χ1) is 13.9. The molecule has 0 bridgehead atoms. The van der Waals surface area contributed by atoms with Crippen molar-refractivity contribution in [2.24, 2.45) is 0 Å². The number of carbonyl (C=O) groups excluding carboxylic acids is 3. The Balaban J connectivity index is 1.66. The number of esters is 1. The maximum atomic E-state index is 12.4. The third-order valence-corrected chi connectivity index (χ3v) is 4.27. The highest BCUT2D eigenvalue weighted by Crippen LogP contribution is 2.16. The molecule has 0 spiro atoms. The molecule has 0 aliphatic rings. The van der Waals surface area contributed by atoms with Crippen LogP contribution in [0.15, 0.2) is 59.7 Å². The van der Waals surface area contributed by atoms with Gasteiger partial charge in [0.2, 0.25) is 0 Å². The Hall–Kier alpha value is -3.81. The number of amides is 1. The molecule has 0 saturated heterocycles. The van der Waals surface area contributed by atoms with Crippen LogP contribution in [0.2, 0.25) is 0 Å². The van der Waals surface area contributed by atoms with Gasteiger partial charge >= 0.3 is 5.97 Å². The van der Waals surface area contributed by atoms with E-state index in [1.807, 2.05) is 0 Å². The molecule has 1 amide bonds. The first kappa shape index (κ1) is 19.9. The molecule has 0 aliphatic heterocycles. The minimum Gasteiger partial charge on any atom is -0.451 e. The van der Waals surface area contributed by atoms with E-state index in [-0.39, 0.29) is 17.9 Å². The maximum Gasteiger partial charge on any atom is 0.326 e. The second kappa shape index (κ2) is 8.47. The number of Topliss-reactive ketones (excluding diaryl/α,β-unsaturated/α-hetero) is 1. The predicted octanol–water partition coefficient (Wildman–Crippen LogP) is 2.17. The number of hydrogen-bond donors (Lipinski definition) is 1. The summed E-state index contributed by atoms with van der Waals surface area (Å²) in [4.78, 5) is 52.7. The Labute approximate surface area is 166 Å². The number of para-hydroxylation sites is 2. The summed E-state index contributed by atoms with van der Waals surface area (Å²) in [5.74, 6) is -1.54. The van der Waals surface area contributed by atoms with Gasteiger partial charge in [0.1, 0.15) is 6.54 Å². The SMILES string of the molecule is CC(=O)c1ccccc1NC(=O)[C@H](C)OC(=O)Cn1cnc2ccccc2c1=O. The van der Waals surface area contributed by atoms with Gasteiger partial charge in [0, 0.05) is 5.56 Å². The van der Waals surface area contributed by atoms with E-state index < -0.39 is 18.0 Å². The Morgan fingerprint density at radius 2 is 1.79 bits per heavy atom. The summed E-state index contributed by atoms with van der Waals surface area (Å²) in [6.45, 7) is 2.42. The van der Waals surface area contributed by atoms with Gasteiger partial charge in [-0.15, -0.1) is 0 Å². The lowest BCUT2D eigenvalue weighted by atomic mass is 10.1. The zero-order valence-electron chi connectivity index (χ0n) is 15.9. The molecule has 29 heavy (non-hydrogen) atoms. The minimum absolute atomic E-state index is 0.200. The van der Waals surface area contributed by atoms with Crippen LogP contribution in [0.1, 0.15) is 24.2 Å². The first-order valence-electron chi connectivity index (χ1n) is 8.91. The number of hydrogen-bond acceptors (Lipinski definition) is 6. The molecule has 0 aliphatic carbocycles. The monoisotopic (exact) mass is 393 g/mol. The summed E-state index contributed by atoms with van der Waals surface area (Å²) >= 11 is 0. The zero-order chi connectivity index (χ0) is 21.0. The third kappa shape index (κ3) is 4.55. The van der Waals surface area contributed by atoms with Crippen molar-refractivity contribution in [2.75, 3.05) is 5.32 Å². The fourth-order valence-corrected chi connectivity index (χ4v) is 2.78. The number of ketones is 1. The second-order valence-electron chi connectivity index (χ2n) is 6.42. The summed E-state index contributed by atoms with van der Waals surface area (Å²) in [7, 11) is 0. The number of anilines is 1. The largest absolute Gasteiger partial charge is 0.451 e. The van der Waals surface area contributed by atoms with Gasteiger partial charge in [-0.05, 0) is 38.1 Å². The molecule has 1 aromatic heterocycles. The lowest BCUT2D eigenvalue weighted by Gasteiger charge is -2.15. The molecule has 0 saturated carbocycles.